The third-order valence-corrected chi connectivity index (χ3v) is 9.09. The lowest BCUT2D eigenvalue weighted by molar-refractivity contribution is -0.157. The Labute approximate surface area is 299 Å². The lowest BCUT2D eigenvalue weighted by Gasteiger charge is -2.19. The third kappa shape index (κ3) is 35.8. The van der Waals surface area contributed by atoms with Crippen LogP contribution in [0.2, 0.25) is 0 Å². The van der Waals surface area contributed by atoms with Gasteiger partial charge in [-0.15, -0.1) is 0 Å². The summed E-state index contributed by atoms with van der Waals surface area (Å²) in [6.45, 7) is 3.57. The van der Waals surface area contributed by atoms with Crippen molar-refractivity contribution in [3.63, 3.8) is 0 Å². The molecule has 0 spiro atoms. The standard InChI is InChI=1S/C39H72NO8P/c1-3-5-7-9-11-13-15-17-18-20-22-24-26-28-30-32-39(42)48-37(36-47-49(43,44)46-34-33-40)35-45-38(41)31-29-27-25-23-21-19-16-14-12-10-8-6-4-2/h14,16,26,28,30,32,37H,3-13,15,17-25,27,29,31,33-36,40H2,1-2H3,(H,43,44)/b16-14+,28-26+,32-30+/t37-/m1/s1. The molecule has 0 rings (SSSR count). The van der Waals surface area contributed by atoms with Crippen LogP contribution in [0.1, 0.15) is 168 Å². The van der Waals surface area contributed by atoms with Gasteiger partial charge in [0.05, 0.1) is 13.2 Å². The van der Waals surface area contributed by atoms with Gasteiger partial charge in [-0.2, -0.15) is 0 Å². The first-order chi connectivity index (χ1) is 23.8. The smallest absolute Gasteiger partial charge is 0.462 e. The summed E-state index contributed by atoms with van der Waals surface area (Å²) >= 11 is 0. The van der Waals surface area contributed by atoms with Gasteiger partial charge in [0.2, 0.25) is 0 Å². The van der Waals surface area contributed by atoms with Crippen molar-refractivity contribution in [3.05, 3.63) is 36.5 Å². The van der Waals surface area contributed by atoms with Crippen LogP contribution in [0.15, 0.2) is 36.5 Å². The fourth-order valence-electron chi connectivity index (χ4n) is 5.18. The average Bonchev–Trinajstić information content (AvgIpc) is 3.08. The molecule has 0 aromatic carbocycles. The highest BCUT2D eigenvalue weighted by Gasteiger charge is 2.25. The maximum Gasteiger partial charge on any atom is 0.472 e. The molecule has 49 heavy (non-hydrogen) atoms. The molecule has 0 aliphatic carbocycles. The number of allylic oxidation sites excluding steroid dienone is 5. The zero-order valence-electron chi connectivity index (χ0n) is 31.2. The fourth-order valence-corrected chi connectivity index (χ4v) is 5.95. The van der Waals surface area contributed by atoms with E-state index in [2.05, 4.69) is 26.0 Å². The van der Waals surface area contributed by atoms with Crippen LogP contribution < -0.4 is 5.73 Å². The molecule has 0 fully saturated rings. The summed E-state index contributed by atoms with van der Waals surface area (Å²) in [7, 11) is -4.40. The minimum atomic E-state index is -4.40. The molecule has 0 heterocycles. The van der Waals surface area contributed by atoms with E-state index in [1.807, 2.05) is 6.08 Å². The topological polar surface area (TPSA) is 134 Å². The van der Waals surface area contributed by atoms with Crippen LogP contribution in [-0.4, -0.2) is 49.3 Å². The van der Waals surface area contributed by atoms with Crippen molar-refractivity contribution in [2.75, 3.05) is 26.4 Å². The minimum Gasteiger partial charge on any atom is -0.462 e. The molecule has 0 aliphatic heterocycles. The van der Waals surface area contributed by atoms with Crippen molar-refractivity contribution < 1.29 is 37.6 Å². The van der Waals surface area contributed by atoms with Crippen LogP contribution in [0.3, 0.4) is 0 Å². The molecule has 0 saturated heterocycles. The van der Waals surface area contributed by atoms with Gasteiger partial charge in [-0.05, 0) is 44.9 Å². The summed E-state index contributed by atoms with van der Waals surface area (Å²) in [4.78, 5) is 34.6. The van der Waals surface area contributed by atoms with Crippen LogP contribution in [0.5, 0.6) is 0 Å². The van der Waals surface area contributed by atoms with E-state index in [1.165, 1.54) is 102 Å². The van der Waals surface area contributed by atoms with Gasteiger partial charge in [0.1, 0.15) is 6.61 Å². The van der Waals surface area contributed by atoms with Gasteiger partial charge in [-0.1, -0.05) is 147 Å². The second-order valence-electron chi connectivity index (χ2n) is 12.9. The van der Waals surface area contributed by atoms with Crippen LogP contribution in [0.4, 0.5) is 0 Å². The normalized spacial score (nSPS) is 13.8. The highest BCUT2D eigenvalue weighted by atomic mass is 31.2. The van der Waals surface area contributed by atoms with Crippen LogP contribution in [-0.2, 0) is 32.7 Å². The Bertz CT molecular complexity index is 907. The lowest BCUT2D eigenvalue weighted by atomic mass is 10.1. The number of hydrogen-bond acceptors (Lipinski definition) is 8. The summed E-state index contributed by atoms with van der Waals surface area (Å²) in [6, 6.07) is 0. The highest BCUT2D eigenvalue weighted by molar-refractivity contribution is 7.47. The summed E-state index contributed by atoms with van der Waals surface area (Å²) < 4.78 is 32.4. The number of unbranched alkanes of at least 4 members (excludes halogenated alkanes) is 20. The quantitative estimate of drug-likeness (QED) is 0.0162. The van der Waals surface area contributed by atoms with E-state index >= 15 is 0 Å². The van der Waals surface area contributed by atoms with Gasteiger partial charge in [-0.3, -0.25) is 13.8 Å². The molecule has 9 nitrogen and oxygen atoms in total. The molecule has 0 aromatic heterocycles. The van der Waals surface area contributed by atoms with Crippen molar-refractivity contribution in [1.82, 2.24) is 0 Å². The number of rotatable bonds is 36. The molecule has 0 aliphatic rings. The molecule has 1 unspecified atom stereocenters. The molecular weight excluding hydrogens is 641 g/mol. The van der Waals surface area contributed by atoms with E-state index in [-0.39, 0.29) is 26.2 Å². The Morgan fingerprint density at radius 2 is 1.14 bits per heavy atom. The zero-order chi connectivity index (χ0) is 36.1. The molecule has 0 saturated carbocycles. The SMILES string of the molecule is CCCCCC/C=C/CCCCCCCC(=O)OC[C@H](COP(=O)(O)OCCN)OC(=O)/C=C/C=C/CCCCCCCCCCCCC. The fraction of sp³-hybridized carbons (Fsp3) is 0.795. The third-order valence-electron chi connectivity index (χ3n) is 8.11. The highest BCUT2D eigenvalue weighted by Crippen LogP contribution is 2.43. The monoisotopic (exact) mass is 713 g/mol. The predicted molar refractivity (Wildman–Crippen MR) is 201 cm³/mol. The van der Waals surface area contributed by atoms with E-state index in [0.717, 1.165) is 44.9 Å². The van der Waals surface area contributed by atoms with Gasteiger partial charge < -0.3 is 20.1 Å². The Morgan fingerprint density at radius 1 is 0.653 bits per heavy atom. The zero-order valence-corrected chi connectivity index (χ0v) is 32.1. The maximum absolute atomic E-state index is 12.4. The van der Waals surface area contributed by atoms with Crippen LogP contribution in [0.25, 0.3) is 0 Å². The maximum atomic E-state index is 12.4. The van der Waals surface area contributed by atoms with Crippen molar-refractivity contribution in [2.45, 2.75) is 174 Å². The summed E-state index contributed by atoms with van der Waals surface area (Å²) in [5.74, 6) is -1.09. The number of carbonyl (C=O) groups is 2. The number of esters is 2. The van der Waals surface area contributed by atoms with Gasteiger partial charge in [0.15, 0.2) is 6.10 Å². The average molecular weight is 714 g/mol. The molecule has 2 atom stereocenters. The number of carbonyl (C=O) groups excluding carboxylic acids is 2. The Morgan fingerprint density at radius 3 is 1.69 bits per heavy atom. The molecule has 286 valence electrons. The van der Waals surface area contributed by atoms with Gasteiger partial charge in [-0.25, -0.2) is 9.36 Å². The van der Waals surface area contributed by atoms with Gasteiger partial charge >= 0.3 is 19.8 Å². The molecule has 3 N–H and O–H groups in total. The lowest BCUT2D eigenvalue weighted by Crippen LogP contribution is -2.29. The first-order valence-electron chi connectivity index (χ1n) is 19.5. The van der Waals surface area contributed by atoms with E-state index in [4.69, 9.17) is 24.3 Å². The Kier molecular flexibility index (Phi) is 34.7. The molecule has 0 bridgehead atoms. The second-order valence-corrected chi connectivity index (χ2v) is 14.3. The predicted octanol–water partition coefficient (Wildman–Crippen LogP) is 10.6. The van der Waals surface area contributed by atoms with E-state index in [0.29, 0.717) is 6.42 Å². The minimum absolute atomic E-state index is 0.0394. The largest absolute Gasteiger partial charge is 0.472 e. The van der Waals surface area contributed by atoms with Crippen molar-refractivity contribution >= 4 is 19.8 Å². The first-order valence-corrected chi connectivity index (χ1v) is 21.0. The first kappa shape index (κ1) is 47.2. The number of phosphoric acid groups is 1. The number of phosphoric ester groups is 1. The van der Waals surface area contributed by atoms with E-state index < -0.39 is 32.5 Å². The van der Waals surface area contributed by atoms with Gasteiger partial charge in [0.25, 0.3) is 0 Å². The Balaban J connectivity index is 4.34. The van der Waals surface area contributed by atoms with Crippen LogP contribution in [0, 0.1) is 0 Å². The van der Waals surface area contributed by atoms with Crippen molar-refractivity contribution in [2.24, 2.45) is 5.73 Å². The Hall–Kier alpha value is -1.77. The number of nitrogens with two attached hydrogens (primary N) is 1. The van der Waals surface area contributed by atoms with Crippen LogP contribution >= 0.6 is 7.82 Å². The summed E-state index contributed by atoms with van der Waals surface area (Å²) in [5, 5.41) is 0. The molecule has 10 heteroatoms. The van der Waals surface area contributed by atoms with E-state index in [1.54, 1.807) is 12.2 Å². The molecule has 0 radical (unpaired) electrons. The number of hydrogen-bond donors (Lipinski definition) is 2. The molecule has 0 aromatic rings. The number of ether oxygens (including phenoxy) is 2. The van der Waals surface area contributed by atoms with Crippen molar-refractivity contribution in [3.8, 4) is 0 Å². The van der Waals surface area contributed by atoms with Gasteiger partial charge in [0, 0.05) is 19.0 Å². The van der Waals surface area contributed by atoms with E-state index in [9.17, 15) is 19.0 Å². The summed E-state index contributed by atoms with van der Waals surface area (Å²) in [6.07, 6.45) is 38.1. The summed E-state index contributed by atoms with van der Waals surface area (Å²) in [5.41, 5.74) is 5.32. The second kappa shape index (κ2) is 36.0. The van der Waals surface area contributed by atoms with Crippen molar-refractivity contribution in [1.29, 1.82) is 0 Å². The molecular formula is C39H72NO8P. The molecule has 0 amide bonds.